The van der Waals surface area contributed by atoms with Crippen molar-refractivity contribution in [2.45, 2.75) is 348 Å². The molecule has 0 saturated carbocycles. The van der Waals surface area contributed by atoms with E-state index < -0.39 is 0 Å². The molecular weight excluding hydrogens is 999 g/mol. The van der Waals surface area contributed by atoms with Gasteiger partial charge in [-0.1, -0.05) is 284 Å². The molecule has 3 rings (SSSR count). The zero-order valence-electron chi connectivity index (χ0n) is 51.4. The monoisotopic (exact) mass is 1120 g/mol. The third-order valence-electron chi connectivity index (χ3n) is 16.0. The summed E-state index contributed by atoms with van der Waals surface area (Å²) < 4.78 is 1.68. The number of hydrogen-bond acceptors (Lipinski definition) is 0. The van der Waals surface area contributed by atoms with Crippen molar-refractivity contribution in [2.75, 3.05) is 0 Å². The molecule has 75 heavy (non-hydrogen) atoms. The molecule has 1 heterocycles. The Morgan fingerprint density at radius 1 is 0.333 bits per heavy atom. The van der Waals surface area contributed by atoms with Crippen molar-refractivity contribution in [3.63, 3.8) is 0 Å². The molecule has 0 saturated heterocycles. The summed E-state index contributed by atoms with van der Waals surface area (Å²) in [5, 5.41) is 4.35. The van der Waals surface area contributed by atoms with Crippen LogP contribution in [0.3, 0.4) is 0 Å². The first-order valence-corrected chi connectivity index (χ1v) is 36.1. The number of rotatable bonds is 49. The molecule has 0 aromatic heterocycles. The van der Waals surface area contributed by atoms with E-state index in [0.29, 0.717) is 0 Å². The minimum atomic E-state index is 0.950. The van der Waals surface area contributed by atoms with Gasteiger partial charge in [0.25, 0.3) is 0 Å². The maximum absolute atomic E-state index is 12.9. The van der Waals surface area contributed by atoms with Gasteiger partial charge in [-0.05, 0) is 124 Å². The minimum absolute atomic E-state index is 0.950. The fraction of sp³-hybridized carbons (Fsp3) is 0.750. The molecule has 2 aromatic carbocycles. The summed E-state index contributed by atoms with van der Waals surface area (Å²) >= 11 is 0.950. The zero-order valence-corrected chi connectivity index (χ0v) is 52.9. The second-order valence-electron chi connectivity index (χ2n) is 23.3. The summed E-state index contributed by atoms with van der Waals surface area (Å²) in [6.45, 7) is 13.9. The predicted molar refractivity (Wildman–Crippen MR) is 334 cm³/mol. The molecule has 0 N–H and O–H groups in total. The molecule has 0 aliphatic carbocycles. The van der Waals surface area contributed by atoms with Gasteiger partial charge in [-0.15, -0.1) is 0 Å². The fourth-order valence-electron chi connectivity index (χ4n) is 11.4. The summed E-state index contributed by atoms with van der Waals surface area (Å²) in [5.41, 5.74) is 25.8. The van der Waals surface area contributed by atoms with Crippen LogP contribution in [0.2, 0.25) is 10.8 Å². The predicted octanol–water partition coefficient (Wildman–Crippen LogP) is 25.3. The normalized spacial score (nSPS) is 12.8. The van der Waals surface area contributed by atoms with Gasteiger partial charge in [0.1, 0.15) is 0 Å². The standard InChI is InChI=1S/C70H118N2.2CH3.Pd/c1-7-13-19-22-25-26-27-28-29-30-31-32-33-34-35-36-37-38-39-40-41-44-48-54-68-67(53-45-16-10-4)69(65-57-61(49-17-11-5)55-63(59-65)51-46-42-23-20-14-8-2)72(71)70(68)66-58-62(50-18-12-6)56-64(60-66)52-47-43-24-21-15-9-3;;;/h48,54-60H,7-47,49-53H2,1-6H3;2*1H3;. The van der Waals surface area contributed by atoms with E-state index in [4.69, 9.17) is 0 Å². The van der Waals surface area contributed by atoms with Crippen LogP contribution in [0.5, 0.6) is 0 Å². The topological polar surface area (TPSA) is 25.3 Å². The van der Waals surface area contributed by atoms with E-state index in [-0.39, 0.29) is 0 Å². The molecular formula is C72H124N2Pd. The number of allylic oxidation sites excluding steroid dienone is 4. The van der Waals surface area contributed by atoms with Crippen LogP contribution in [0.4, 0.5) is 0 Å². The van der Waals surface area contributed by atoms with Gasteiger partial charge in [0.05, 0.1) is 5.57 Å². The van der Waals surface area contributed by atoms with Crippen LogP contribution in [-0.4, -0.2) is 4.70 Å². The first kappa shape index (κ1) is 69.0. The molecule has 0 fully saturated rings. The molecule has 3 heteroatoms. The van der Waals surface area contributed by atoms with E-state index in [1.54, 1.807) is 4.70 Å². The summed E-state index contributed by atoms with van der Waals surface area (Å²) in [7, 11) is 0. The number of nitrogens with zero attached hydrogens (tertiary/aromatic N) is 2. The zero-order chi connectivity index (χ0) is 54.2. The van der Waals surface area contributed by atoms with Gasteiger partial charge < -0.3 is 5.53 Å². The summed E-state index contributed by atoms with van der Waals surface area (Å²) in [6, 6.07) is 14.8. The van der Waals surface area contributed by atoms with Crippen molar-refractivity contribution < 1.29 is 22.7 Å². The number of unbranched alkanes of at least 4 members (excludes halogenated alkanes) is 35. The van der Waals surface area contributed by atoms with Crippen molar-refractivity contribution in [3.05, 3.63) is 98.6 Å². The van der Waals surface area contributed by atoms with E-state index in [1.165, 1.54) is 295 Å². The van der Waals surface area contributed by atoms with E-state index in [1.807, 2.05) is 0 Å². The average Bonchev–Trinajstić information content (AvgIpc) is 3.69. The molecule has 0 bridgehead atoms. The Morgan fingerprint density at radius 2 is 0.600 bits per heavy atom. The molecule has 2 aromatic rings. The van der Waals surface area contributed by atoms with E-state index in [9.17, 15) is 5.53 Å². The van der Waals surface area contributed by atoms with Gasteiger partial charge in [0, 0.05) is 16.7 Å². The molecule has 2 nitrogen and oxygen atoms in total. The number of aryl methyl sites for hydroxylation is 4. The van der Waals surface area contributed by atoms with Gasteiger partial charge in [0.15, 0.2) is 0 Å². The third kappa shape index (κ3) is 32.6. The molecule has 0 amide bonds. The van der Waals surface area contributed by atoms with Crippen molar-refractivity contribution in [3.8, 4) is 0 Å². The van der Waals surface area contributed by atoms with Crippen LogP contribution in [0.1, 0.15) is 345 Å². The molecule has 1 aliphatic rings. The molecule has 1 aliphatic heterocycles. The van der Waals surface area contributed by atoms with Crippen LogP contribution in [0, 0.1) is 0 Å². The van der Waals surface area contributed by atoms with E-state index in [2.05, 4.69) is 101 Å². The quantitative estimate of drug-likeness (QED) is 0.0358. The van der Waals surface area contributed by atoms with Crippen LogP contribution in [-0.2, 0) is 43.7 Å². The molecule has 0 unspecified atom stereocenters. The van der Waals surface area contributed by atoms with Gasteiger partial charge in [0.2, 0.25) is 11.4 Å². The molecule has 0 atom stereocenters. The second kappa shape index (κ2) is 49.0. The Labute approximate surface area is 477 Å². The Balaban J connectivity index is 0.00000626. The number of benzene rings is 2. The van der Waals surface area contributed by atoms with Crippen molar-refractivity contribution in [1.29, 1.82) is 0 Å². The third-order valence-corrected chi connectivity index (χ3v) is 16.0. The number of hydrogen-bond donors (Lipinski definition) is 0. The SMILES string of the molecule is CCCCCCCCCCCCCCCCCCCCCCCC=CC1=C(c2cc(CCCC)cc(CCCCCCCC)c2)[N+](=[N-])C(c2cc(CCCC)cc(CCCCCCCC)c2)=C1CCCCC.[CH3][Pd][CH3]. The Morgan fingerprint density at radius 3 is 0.947 bits per heavy atom. The van der Waals surface area contributed by atoms with Gasteiger partial charge in [-0.25, -0.2) is 4.70 Å². The average molecular weight is 1120 g/mol. The fourth-order valence-corrected chi connectivity index (χ4v) is 11.4. The van der Waals surface area contributed by atoms with Crippen molar-refractivity contribution in [2.24, 2.45) is 0 Å². The summed E-state index contributed by atoms with van der Waals surface area (Å²) in [4.78, 5) is 0. The summed E-state index contributed by atoms with van der Waals surface area (Å²) in [6.07, 6.45) is 65.5. The molecule has 0 spiro atoms. The van der Waals surface area contributed by atoms with Crippen LogP contribution in [0.15, 0.2) is 59.7 Å². The van der Waals surface area contributed by atoms with E-state index >= 15 is 0 Å². The molecule has 0 radical (unpaired) electrons. The molecule has 432 valence electrons. The Kier molecular flexibility index (Phi) is 45.1. The van der Waals surface area contributed by atoms with Gasteiger partial charge in [-0.2, -0.15) is 0 Å². The van der Waals surface area contributed by atoms with Crippen molar-refractivity contribution >= 4 is 11.4 Å². The first-order chi connectivity index (χ1) is 36.9. The Hall–Kier alpha value is -2.08. The van der Waals surface area contributed by atoms with Crippen LogP contribution < -0.4 is 0 Å². The first-order valence-electron chi connectivity index (χ1n) is 33.0. The maximum atomic E-state index is 12.9. The van der Waals surface area contributed by atoms with Crippen LogP contribution >= 0.6 is 0 Å². The van der Waals surface area contributed by atoms with E-state index in [0.717, 1.165) is 74.3 Å². The summed E-state index contributed by atoms with van der Waals surface area (Å²) in [5.74, 6) is 0. The Bertz CT molecular complexity index is 1780. The van der Waals surface area contributed by atoms with Crippen LogP contribution in [0.25, 0.3) is 16.9 Å². The van der Waals surface area contributed by atoms with Gasteiger partial charge in [-0.3, -0.25) is 0 Å². The van der Waals surface area contributed by atoms with Gasteiger partial charge >= 0.3 is 28.8 Å². The van der Waals surface area contributed by atoms with Crippen molar-refractivity contribution in [1.82, 2.24) is 0 Å². The second-order valence-corrected chi connectivity index (χ2v) is 24.8.